The van der Waals surface area contributed by atoms with Gasteiger partial charge in [-0.25, -0.2) is 14.2 Å². The van der Waals surface area contributed by atoms with E-state index in [1.165, 1.54) is 31.2 Å². The number of piperidine rings is 1. The average Bonchev–Trinajstić information content (AvgIpc) is 2.89. The van der Waals surface area contributed by atoms with E-state index in [0.717, 1.165) is 6.07 Å². The Morgan fingerprint density at radius 1 is 1.11 bits per heavy atom. The van der Waals surface area contributed by atoms with Crippen molar-refractivity contribution in [3.05, 3.63) is 65.5 Å². The van der Waals surface area contributed by atoms with Gasteiger partial charge in [0.2, 0.25) is 0 Å². The number of urea groups is 1. The monoisotopic (exact) mass is 536 g/mol. The maximum absolute atomic E-state index is 15.0. The van der Waals surface area contributed by atoms with Crippen LogP contribution in [0.1, 0.15) is 42.1 Å². The number of carbonyl (C=O) groups is 2. The number of hydrogen-bond donors (Lipinski definition) is 2. The third kappa shape index (κ3) is 6.24. The van der Waals surface area contributed by atoms with Crippen molar-refractivity contribution in [1.82, 2.24) is 10.2 Å². The Hall–Kier alpha value is -3.67. The Morgan fingerprint density at radius 2 is 1.79 bits per heavy atom. The first-order valence-electron chi connectivity index (χ1n) is 12.1. The lowest BCUT2D eigenvalue weighted by Crippen LogP contribution is -2.48. The zero-order valence-corrected chi connectivity index (χ0v) is 20.8. The third-order valence-electron chi connectivity index (χ3n) is 6.67. The first-order valence-corrected chi connectivity index (χ1v) is 12.1. The van der Waals surface area contributed by atoms with E-state index in [9.17, 15) is 22.8 Å². The van der Waals surface area contributed by atoms with Crippen LogP contribution in [0, 0.1) is 5.82 Å². The van der Waals surface area contributed by atoms with E-state index < -0.39 is 48.0 Å². The summed E-state index contributed by atoms with van der Waals surface area (Å²) >= 11 is 0. The van der Waals surface area contributed by atoms with E-state index in [-0.39, 0.29) is 22.9 Å². The Balaban J connectivity index is 1.59. The molecule has 0 aromatic heterocycles. The van der Waals surface area contributed by atoms with E-state index >= 15 is 4.39 Å². The molecule has 1 saturated heterocycles. The Bertz CT molecular complexity index is 1200. The molecule has 204 valence electrons. The lowest BCUT2D eigenvalue weighted by atomic mass is 9.85. The van der Waals surface area contributed by atoms with Crippen LogP contribution in [-0.2, 0) is 15.0 Å². The van der Waals surface area contributed by atoms with Crippen molar-refractivity contribution in [2.24, 2.45) is 4.99 Å². The van der Waals surface area contributed by atoms with Gasteiger partial charge in [-0.1, -0.05) is 18.2 Å². The number of anilines is 1. The van der Waals surface area contributed by atoms with Crippen molar-refractivity contribution in [2.45, 2.75) is 50.1 Å². The molecule has 0 spiro atoms. The number of carbonyl (C=O) groups excluding carboxylic acids is 2. The minimum absolute atomic E-state index is 0.0703. The predicted octanol–water partition coefficient (Wildman–Crippen LogP) is 4.82. The second-order valence-corrected chi connectivity index (χ2v) is 9.41. The Kier molecular flexibility index (Phi) is 7.91. The zero-order chi connectivity index (χ0) is 27.5. The summed E-state index contributed by atoms with van der Waals surface area (Å²) in [5.41, 5.74) is -1.57. The number of likely N-dealkylation sites (tertiary alicyclic amines) is 1. The fraction of sp³-hybridized carbons (Fsp3) is 0.423. The summed E-state index contributed by atoms with van der Waals surface area (Å²) in [6.45, 7) is 2.26. The topological polar surface area (TPSA) is 92.3 Å². The summed E-state index contributed by atoms with van der Waals surface area (Å²) in [5, 5.41) is 4.94. The molecule has 2 aliphatic heterocycles. The molecule has 12 heteroatoms. The molecule has 2 heterocycles. The van der Waals surface area contributed by atoms with Crippen molar-refractivity contribution >= 4 is 23.6 Å². The number of methoxy groups -OCH3 is 1. The number of amidine groups is 1. The molecule has 2 N–H and O–H groups in total. The summed E-state index contributed by atoms with van der Waals surface area (Å²) < 4.78 is 66.7. The molecule has 3 amide bonds. The third-order valence-corrected chi connectivity index (χ3v) is 6.67. The maximum Gasteiger partial charge on any atom is 0.425 e. The molecule has 2 aromatic rings. The number of aliphatic imine (C=N–C) groups is 1. The van der Waals surface area contributed by atoms with Crippen LogP contribution in [0.25, 0.3) is 0 Å². The molecule has 1 fully saturated rings. The molecular formula is C26H28F4N4O4. The van der Waals surface area contributed by atoms with E-state index in [1.807, 2.05) is 0 Å². The molecule has 0 radical (unpaired) electrons. The van der Waals surface area contributed by atoms with E-state index in [2.05, 4.69) is 15.6 Å². The number of halogens is 4. The summed E-state index contributed by atoms with van der Waals surface area (Å²) in [5.74, 6) is -1.54. The van der Waals surface area contributed by atoms with Gasteiger partial charge >= 0.3 is 12.2 Å². The second-order valence-electron chi connectivity index (χ2n) is 9.41. The van der Waals surface area contributed by atoms with Crippen molar-refractivity contribution in [3.63, 3.8) is 0 Å². The number of ether oxygens (including phenoxy) is 2. The lowest BCUT2D eigenvalue weighted by molar-refractivity contribution is -0.208. The number of nitrogens with one attached hydrogen (secondary N) is 2. The van der Waals surface area contributed by atoms with Crippen LogP contribution in [0.5, 0.6) is 0 Å². The summed E-state index contributed by atoms with van der Waals surface area (Å²) in [6, 6.07) is 10.4. The van der Waals surface area contributed by atoms with Crippen molar-refractivity contribution in [3.8, 4) is 0 Å². The van der Waals surface area contributed by atoms with E-state index in [4.69, 9.17) is 9.47 Å². The number of benzene rings is 2. The van der Waals surface area contributed by atoms with Crippen molar-refractivity contribution < 1.29 is 36.6 Å². The Labute approximate surface area is 217 Å². The molecule has 2 aliphatic rings. The summed E-state index contributed by atoms with van der Waals surface area (Å²) in [6.07, 6.45) is -6.49. The average molecular weight is 537 g/mol. The van der Waals surface area contributed by atoms with Crippen molar-refractivity contribution in [2.75, 3.05) is 25.5 Å². The first-order chi connectivity index (χ1) is 18.0. The largest absolute Gasteiger partial charge is 0.452 e. The van der Waals surface area contributed by atoms with Crippen molar-refractivity contribution in [1.29, 1.82) is 0 Å². The highest BCUT2D eigenvalue weighted by molar-refractivity contribution is 6.04. The molecular weight excluding hydrogens is 508 g/mol. The molecule has 2 atom stereocenters. The number of alkyl halides is 3. The zero-order valence-electron chi connectivity index (χ0n) is 20.8. The molecule has 38 heavy (non-hydrogen) atoms. The minimum atomic E-state index is -4.81. The molecule has 0 saturated carbocycles. The van der Waals surface area contributed by atoms with Crippen LogP contribution in [0.4, 0.5) is 28.0 Å². The van der Waals surface area contributed by atoms with Gasteiger partial charge in [-0.15, -0.1) is 0 Å². The number of amides is 3. The lowest BCUT2D eigenvalue weighted by Gasteiger charge is -2.37. The number of hydrogen-bond acceptors (Lipinski definition) is 5. The van der Waals surface area contributed by atoms with Gasteiger partial charge in [0.1, 0.15) is 5.82 Å². The first kappa shape index (κ1) is 27.4. The van der Waals surface area contributed by atoms with Crippen LogP contribution >= 0.6 is 0 Å². The highest BCUT2D eigenvalue weighted by Gasteiger charge is 2.50. The maximum atomic E-state index is 15.0. The van der Waals surface area contributed by atoms with E-state index in [1.54, 1.807) is 30.2 Å². The normalized spacial score (nSPS) is 22.3. The van der Waals surface area contributed by atoms with Gasteiger partial charge in [0.25, 0.3) is 11.9 Å². The van der Waals surface area contributed by atoms with Gasteiger partial charge in [0.05, 0.1) is 11.6 Å². The summed E-state index contributed by atoms with van der Waals surface area (Å²) in [7, 11) is 1.61. The van der Waals surface area contributed by atoms with Gasteiger partial charge in [-0.05, 0) is 50.1 Å². The molecule has 0 unspecified atom stereocenters. The number of rotatable bonds is 4. The van der Waals surface area contributed by atoms with Gasteiger partial charge in [-0.3, -0.25) is 10.1 Å². The number of nitrogens with zero attached hydrogens (tertiary/aromatic N) is 2. The highest BCUT2D eigenvalue weighted by Crippen LogP contribution is 2.41. The van der Waals surface area contributed by atoms with Gasteiger partial charge in [0.15, 0.2) is 6.10 Å². The standard InChI is InChI=1S/C26H28F4N4O4/c1-25(15-21(26(28,29)30)38-23(33-25)32-22(35)16-6-4-3-5-7-16)19-14-17(8-9-20(19)27)31-24(36)34-12-10-18(37-2)11-13-34/h3-9,14,18,21H,10-13,15H2,1-2H3,(H,31,36)(H,32,33,35)/t21-,25+/m0/s1. The van der Waals surface area contributed by atoms with Crippen LogP contribution in [-0.4, -0.2) is 61.4 Å². The molecule has 8 nitrogen and oxygen atoms in total. The van der Waals surface area contributed by atoms with Gasteiger partial charge < -0.3 is 19.7 Å². The predicted molar refractivity (Wildman–Crippen MR) is 131 cm³/mol. The highest BCUT2D eigenvalue weighted by atomic mass is 19.4. The van der Waals surface area contributed by atoms with Gasteiger partial charge in [-0.2, -0.15) is 13.2 Å². The van der Waals surface area contributed by atoms with Crippen LogP contribution in [0.15, 0.2) is 53.5 Å². The quantitative estimate of drug-likeness (QED) is 0.548. The minimum Gasteiger partial charge on any atom is -0.452 e. The summed E-state index contributed by atoms with van der Waals surface area (Å²) in [4.78, 5) is 31.1. The fourth-order valence-electron chi connectivity index (χ4n) is 4.52. The van der Waals surface area contributed by atoms with Crippen LogP contribution in [0.2, 0.25) is 0 Å². The second kappa shape index (κ2) is 11.0. The van der Waals surface area contributed by atoms with Gasteiger partial charge in [0, 0.05) is 43.4 Å². The Morgan fingerprint density at radius 3 is 2.42 bits per heavy atom. The van der Waals surface area contributed by atoms with Crippen LogP contribution in [0.3, 0.4) is 0 Å². The molecule has 0 aliphatic carbocycles. The van der Waals surface area contributed by atoms with E-state index in [0.29, 0.717) is 25.9 Å². The smallest absolute Gasteiger partial charge is 0.425 e. The molecule has 2 aromatic carbocycles. The SMILES string of the molecule is COC1CCN(C(=O)Nc2ccc(F)c([C@@]3(C)C[C@@H](C(F)(F)F)OC(NC(=O)c4ccccc4)=N3)c2)CC1. The molecule has 4 rings (SSSR count). The van der Waals surface area contributed by atoms with Crippen LogP contribution < -0.4 is 10.6 Å². The fourth-order valence-corrected chi connectivity index (χ4v) is 4.52. The molecule has 0 bridgehead atoms.